The van der Waals surface area contributed by atoms with Crippen LogP contribution in [0.4, 0.5) is 0 Å². The minimum atomic E-state index is -0.0133. The molecule has 20 heavy (non-hydrogen) atoms. The van der Waals surface area contributed by atoms with Crippen molar-refractivity contribution in [3.05, 3.63) is 68.1 Å². The van der Waals surface area contributed by atoms with Crippen molar-refractivity contribution in [1.29, 1.82) is 0 Å². The van der Waals surface area contributed by atoms with E-state index in [1.54, 1.807) is 0 Å². The van der Waals surface area contributed by atoms with E-state index in [1.807, 2.05) is 6.07 Å². The van der Waals surface area contributed by atoms with Gasteiger partial charge in [-0.15, -0.1) is 0 Å². The lowest BCUT2D eigenvalue weighted by molar-refractivity contribution is 0.635. The third-order valence-corrected chi connectivity index (χ3v) is 4.12. The molecule has 2 rings (SSSR count). The van der Waals surface area contributed by atoms with E-state index in [1.165, 1.54) is 11.1 Å². The Morgan fingerprint density at radius 3 is 2.35 bits per heavy atom. The summed E-state index contributed by atoms with van der Waals surface area (Å²) < 4.78 is 2.07. The molecule has 0 aliphatic rings. The van der Waals surface area contributed by atoms with Gasteiger partial charge >= 0.3 is 0 Å². The first-order valence-corrected chi connectivity index (χ1v) is 8.23. The standard InChI is InChI=1S/C16H18Br2N2/c1-2-4-11-5-3-6-12(7-11)16(20-19)13-8-14(17)10-15(18)9-13/h3,5-10,16,20H,2,4,19H2,1H3. The van der Waals surface area contributed by atoms with Gasteiger partial charge in [-0.1, -0.05) is 69.5 Å². The Morgan fingerprint density at radius 2 is 1.75 bits per heavy atom. The minimum Gasteiger partial charge on any atom is -0.271 e. The van der Waals surface area contributed by atoms with Crippen LogP contribution >= 0.6 is 31.9 Å². The van der Waals surface area contributed by atoms with Crippen LogP contribution < -0.4 is 11.3 Å². The number of aryl methyl sites for hydroxylation is 1. The second kappa shape index (κ2) is 7.36. The van der Waals surface area contributed by atoms with Crippen molar-refractivity contribution in [3.8, 4) is 0 Å². The molecule has 2 aromatic carbocycles. The van der Waals surface area contributed by atoms with E-state index in [0.717, 1.165) is 27.4 Å². The summed E-state index contributed by atoms with van der Waals surface area (Å²) in [6.07, 6.45) is 2.24. The van der Waals surface area contributed by atoms with Crippen LogP contribution in [-0.4, -0.2) is 0 Å². The van der Waals surface area contributed by atoms with E-state index in [4.69, 9.17) is 5.84 Å². The molecule has 106 valence electrons. The van der Waals surface area contributed by atoms with Gasteiger partial charge in [0.15, 0.2) is 0 Å². The van der Waals surface area contributed by atoms with Crippen molar-refractivity contribution in [1.82, 2.24) is 5.43 Å². The van der Waals surface area contributed by atoms with Gasteiger partial charge in [-0.05, 0) is 41.3 Å². The van der Waals surface area contributed by atoms with Crippen molar-refractivity contribution in [2.45, 2.75) is 25.8 Å². The van der Waals surface area contributed by atoms with E-state index in [0.29, 0.717) is 0 Å². The van der Waals surface area contributed by atoms with Gasteiger partial charge in [-0.3, -0.25) is 5.84 Å². The number of hydrogen-bond acceptors (Lipinski definition) is 2. The number of rotatable bonds is 5. The van der Waals surface area contributed by atoms with Crippen LogP contribution in [0.1, 0.15) is 36.1 Å². The lowest BCUT2D eigenvalue weighted by Crippen LogP contribution is -2.28. The zero-order chi connectivity index (χ0) is 14.5. The zero-order valence-corrected chi connectivity index (χ0v) is 14.5. The lowest BCUT2D eigenvalue weighted by Gasteiger charge is -2.18. The van der Waals surface area contributed by atoms with Crippen LogP contribution in [0, 0.1) is 0 Å². The molecule has 0 radical (unpaired) electrons. The summed E-state index contributed by atoms with van der Waals surface area (Å²) in [7, 11) is 0. The van der Waals surface area contributed by atoms with Gasteiger partial charge in [0, 0.05) is 8.95 Å². The molecule has 1 atom stereocenters. The van der Waals surface area contributed by atoms with Crippen LogP contribution in [0.25, 0.3) is 0 Å². The van der Waals surface area contributed by atoms with E-state index in [9.17, 15) is 0 Å². The fourth-order valence-electron chi connectivity index (χ4n) is 2.34. The molecule has 0 bridgehead atoms. The normalized spacial score (nSPS) is 12.4. The molecule has 4 heteroatoms. The van der Waals surface area contributed by atoms with Crippen molar-refractivity contribution in [3.63, 3.8) is 0 Å². The van der Waals surface area contributed by atoms with Gasteiger partial charge in [-0.25, -0.2) is 5.43 Å². The molecule has 2 nitrogen and oxygen atoms in total. The van der Waals surface area contributed by atoms with Gasteiger partial charge in [0.05, 0.1) is 6.04 Å². The van der Waals surface area contributed by atoms with Crippen LogP contribution in [0.2, 0.25) is 0 Å². The molecular weight excluding hydrogens is 380 g/mol. The first kappa shape index (κ1) is 15.7. The Labute approximate surface area is 137 Å². The Balaban J connectivity index is 2.38. The second-order valence-electron chi connectivity index (χ2n) is 4.80. The quantitative estimate of drug-likeness (QED) is 0.565. The number of halogens is 2. The summed E-state index contributed by atoms with van der Waals surface area (Å²) in [6.45, 7) is 2.19. The Bertz CT molecular complexity index is 564. The van der Waals surface area contributed by atoms with Crippen molar-refractivity contribution < 1.29 is 0 Å². The number of hydrogen-bond donors (Lipinski definition) is 2. The number of benzene rings is 2. The maximum absolute atomic E-state index is 5.78. The fraction of sp³-hybridized carbons (Fsp3) is 0.250. The third-order valence-electron chi connectivity index (χ3n) is 3.21. The molecule has 0 heterocycles. The summed E-state index contributed by atoms with van der Waals surface area (Å²) in [5.41, 5.74) is 6.57. The average Bonchev–Trinajstić information content (AvgIpc) is 2.39. The lowest BCUT2D eigenvalue weighted by atomic mass is 9.96. The molecule has 0 aliphatic carbocycles. The predicted octanol–water partition coefficient (Wildman–Crippen LogP) is 4.72. The molecule has 1 unspecified atom stereocenters. The van der Waals surface area contributed by atoms with Crippen molar-refractivity contribution >= 4 is 31.9 Å². The van der Waals surface area contributed by atoms with Gasteiger partial charge in [0.1, 0.15) is 0 Å². The first-order valence-electron chi connectivity index (χ1n) is 6.65. The predicted molar refractivity (Wildman–Crippen MR) is 91.4 cm³/mol. The van der Waals surface area contributed by atoms with Crippen molar-refractivity contribution in [2.24, 2.45) is 5.84 Å². The molecule has 2 aromatic rings. The smallest absolute Gasteiger partial charge is 0.0710 e. The molecule has 0 aromatic heterocycles. The topological polar surface area (TPSA) is 38.0 Å². The van der Waals surface area contributed by atoms with E-state index in [-0.39, 0.29) is 6.04 Å². The average molecular weight is 398 g/mol. The number of nitrogens with two attached hydrogens (primary N) is 1. The zero-order valence-electron chi connectivity index (χ0n) is 11.4. The van der Waals surface area contributed by atoms with Crippen LogP contribution in [0.3, 0.4) is 0 Å². The Kier molecular flexibility index (Phi) is 5.78. The van der Waals surface area contributed by atoms with Crippen LogP contribution in [-0.2, 0) is 6.42 Å². The molecule has 0 fully saturated rings. The minimum absolute atomic E-state index is 0.0133. The van der Waals surface area contributed by atoms with E-state index < -0.39 is 0 Å². The van der Waals surface area contributed by atoms with Crippen LogP contribution in [0.15, 0.2) is 51.4 Å². The summed E-state index contributed by atoms with van der Waals surface area (Å²) in [6, 6.07) is 14.8. The van der Waals surface area contributed by atoms with Gasteiger partial charge in [0.2, 0.25) is 0 Å². The summed E-state index contributed by atoms with van der Waals surface area (Å²) in [5.74, 6) is 5.78. The number of nitrogens with one attached hydrogen (secondary N) is 1. The molecule has 0 amide bonds. The molecular formula is C16H18Br2N2. The number of hydrazine groups is 1. The monoisotopic (exact) mass is 396 g/mol. The maximum Gasteiger partial charge on any atom is 0.0710 e. The summed E-state index contributed by atoms with van der Waals surface area (Å²) >= 11 is 7.05. The fourth-order valence-corrected chi connectivity index (χ4v) is 3.67. The highest BCUT2D eigenvalue weighted by Crippen LogP contribution is 2.28. The van der Waals surface area contributed by atoms with Gasteiger partial charge in [0.25, 0.3) is 0 Å². The van der Waals surface area contributed by atoms with Crippen molar-refractivity contribution in [2.75, 3.05) is 0 Å². The van der Waals surface area contributed by atoms with Gasteiger partial charge in [-0.2, -0.15) is 0 Å². The SMILES string of the molecule is CCCc1cccc(C(NN)c2cc(Br)cc(Br)c2)c1. The highest BCUT2D eigenvalue weighted by molar-refractivity contribution is 9.11. The third kappa shape index (κ3) is 3.92. The Morgan fingerprint density at radius 1 is 1.05 bits per heavy atom. The van der Waals surface area contributed by atoms with E-state index >= 15 is 0 Å². The molecule has 0 aliphatic heterocycles. The van der Waals surface area contributed by atoms with E-state index in [2.05, 4.69) is 80.6 Å². The summed E-state index contributed by atoms with van der Waals surface area (Å²) in [5, 5.41) is 0. The highest BCUT2D eigenvalue weighted by Gasteiger charge is 2.14. The Hall–Kier alpha value is -0.680. The molecule has 3 N–H and O–H groups in total. The van der Waals surface area contributed by atoms with Crippen LogP contribution in [0.5, 0.6) is 0 Å². The summed E-state index contributed by atoms with van der Waals surface area (Å²) in [4.78, 5) is 0. The highest BCUT2D eigenvalue weighted by atomic mass is 79.9. The molecule has 0 saturated heterocycles. The first-order chi connectivity index (χ1) is 9.63. The maximum atomic E-state index is 5.78. The second-order valence-corrected chi connectivity index (χ2v) is 6.63. The largest absolute Gasteiger partial charge is 0.271 e. The van der Waals surface area contributed by atoms with Gasteiger partial charge < -0.3 is 0 Å². The molecule has 0 saturated carbocycles. The molecule has 0 spiro atoms.